The molecule has 0 bridgehead atoms. The second-order valence-corrected chi connectivity index (χ2v) is 13.8. The lowest BCUT2D eigenvalue weighted by Gasteiger charge is -2.24. The van der Waals surface area contributed by atoms with Crippen molar-refractivity contribution in [1.29, 1.82) is 0 Å². The number of carbonyl (C=O) groups excluding carboxylic acids is 2. The summed E-state index contributed by atoms with van der Waals surface area (Å²) in [5.74, 6) is -0.900. The summed E-state index contributed by atoms with van der Waals surface area (Å²) in [6, 6.07) is 0. The molecule has 0 saturated heterocycles. The number of esters is 2. The number of carbonyl (C=O) groups is 2. The Hall–Kier alpha value is -1.03. The SMILES string of the molecule is CCCCCCCCCCCCCC(=O)OC[C@@H](CC(O)C(O)COP(=O)(O)O)OC(=O)CCCCCCCCCCCCC. The molecule has 45 heavy (non-hydrogen) atoms. The third kappa shape index (κ3) is 31.3. The van der Waals surface area contributed by atoms with E-state index in [0.717, 1.165) is 38.5 Å². The lowest BCUT2D eigenvalue weighted by atomic mass is 10.1. The molecule has 0 aliphatic rings. The molecule has 0 radical (unpaired) electrons. The summed E-state index contributed by atoms with van der Waals surface area (Å²) in [6.07, 6.45) is 21.6. The number of ether oxygens (including phenoxy) is 2. The van der Waals surface area contributed by atoms with Crippen LogP contribution in [-0.4, -0.2) is 63.5 Å². The number of phosphoric ester groups is 1. The molecule has 0 aromatic heterocycles. The predicted octanol–water partition coefficient (Wildman–Crippen LogP) is 8.06. The van der Waals surface area contributed by atoms with Gasteiger partial charge in [0.05, 0.1) is 12.7 Å². The van der Waals surface area contributed by atoms with Gasteiger partial charge < -0.3 is 29.5 Å². The maximum atomic E-state index is 12.5. The average molecular weight is 667 g/mol. The highest BCUT2D eigenvalue weighted by molar-refractivity contribution is 7.46. The zero-order valence-corrected chi connectivity index (χ0v) is 29.4. The van der Waals surface area contributed by atoms with Crippen LogP contribution in [0.5, 0.6) is 0 Å². The van der Waals surface area contributed by atoms with Crippen LogP contribution in [0.2, 0.25) is 0 Å². The van der Waals surface area contributed by atoms with Gasteiger partial charge in [-0.05, 0) is 12.8 Å². The normalized spacial score (nSPS) is 13.8. The summed E-state index contributed by atoms with van der Waals surface area (Å²) >= 11 is 0. The Labute approximate surface area is 273 Å². The summed E-state index contributed by atoms with van der Waals surface area (Å²) in [6.45, 7) is 3.36. The van der Waals surface area contributed by atoms with Crippen LogP contribution in [0, 0.1) is 0 Å². The first-order chi connectivity index (χ1) is 21.6. The van der Waals surface area contributed by atoms with E-state index in [-0.39, 0.29) is 25.9 Å². The maximum absolute atomic E-state index is 12.5. The minimum atomic E-state index is -4.83. The molecule has 0 amide bonds. The summed E-state index contributed by atoms with van der Waals surface area (Å²) in [7, 11) is -4.83. The molecule has 3 atom stereocenters. The van der Waals surface area contributed by atoms with Crippen molar-refractivity contribution in [2.75, 3.05) is 13.2 Å². The minimum Gasteiger partial charge on any atom is -0.462 e. The lowest BCUT2D eigenvalue weighted by molar-refractivity contribution is -0.162. The smallest absolute Gasteiger partial charge is 0.462 e. The van der Waals surface area contributed by atoms with Crippen LogP contribution in [0.4, 0.5) is 0 Å². The number of phosphoric acid groups is 1. The summed E-state index contributed by atoms with van der Waals surface area (Å²) in [5.41, 5.74) is 0. The van der Waals surface area contributed by atoms with E-state index in [1.165, 1.54) is 89.9 Å². The van der Waals surface area contributed by atoms with Gasteiger partial charge >= 0.3 is 19.8 Å². The molecule has 4 N–H and O–H groups in total. The third-order valence-corrected chi connectivity index (χ3v) is 8.54. The Balaban J connectivity index is 4.42. The molecule has 0 aliphatic heterocycles. The van der Waals surface area contributed by atoms with Crippen LogP contribution in [-0.2, 0) is 28.2 Å². The van der Waals surface area contributed by atoms with Gasteiger partial charge in [0.25, 0.3) is 0 Å². The fourth-order valence-corrected chi connectivity index (χ4v) is 5.58. The highest BCUT2D eigenvalue weighted by Gasteiger charge is 2.27. The van der Waals surface area contributed by atoms with Gasteiger partial charge in [-0.15, -0.1) is 0 Å². The van der Waals surface area contributed by atoms with Crippen molar-refractivity contribution in [1.82, 2.24) is 0 Å². The number of rotatable bonds is 33. The number of hydrogen-bond donors (Lipinski definition) is 4. The zero-order valence-electron chi connectivity index (χ0n) is 28.5. The number of aliphatic hydroxyl groups excluding tert-OH is 2. The number of hydrogen-bond acceptors (Lipinski definition) is 8. The van der Waals surface area contributed by atoms with E-state index in [2.05, 4.69) is 18.4 Å². The first-order valence-corrected chi connectivity index (χ1v) is 19.5. The van der Waals surface area contributed by atoms with Gasteiger partial charge in [0.1, 0.15) is 18.8 Å². The van der Waals surface area contributed by atoms with Gasteiger partial charge in [-0.25, -0.2) is 4.57 Å². The molecular formula is C34H67O10P. The second kappa shape index (κ2) is 30.3. The maximum Gasteiger partial charge on any atom is 0.469 e. The summed E-state index contributed by atoms with van der Waals surface area (Å²) in [4.78, 5) is 42.5. The van der Waals surface area contributed by atoms with Crippen molar-refractivity contribution >= 4 is 19.8 Å². The summed E-state index contributed by atoms with van der Waals surface area (Å²) in [5, 5.41) is 20.4. The van der Waals surface area contributed by atoms with Crippen LogP contribution in [0.15, 0.2) is 0 Å². The molecule has 0 saturated carbocycles. The van der Waals surface area contributed by atoms with E-state index in [1.807, 2.05) is 0 Å². The highest BCUT2D eigenvalue weighted by atomic mass is 31.2. The van der Waals surface area contributed by atoms with Crippen LogP contribution < -0.4 is 0 Å². The number of aliphatic hydroxyl groups is 2. The molecular weight excluding hydrogens is 599 g/mol. The van der Waals surface area contributed by atoms with Gasteiger partial charge in [0, 0.05) is 19.3 Å². The van der Waals surface area contributed by atoms with Crippen LogP contribution in [0.25, 0.3) is 0 Å². The first kappa shape index (κ1) is 44.0. The van der Waals surface area contributed by atoms with Crippen LogP contribution >= 0.6 is 7.82 Å². The topological polar surface area (TPSA) is 160 Å². The van der Waals surface area contributed by atoms with E-state index in [9.17, 15) is 24.4 Å². The van der Waals surface area contributed by atoms with Crippen molar-refractivity contribution < 1.29 is 48.2 Å². The molecule has 0 aromatic carbocycles. The van der Waals surface area contributed by atoms with Gasteiger partial charge in [-0.3, -0.25) is 14.1 Å². The molecule has 0 fully saturated rings. The molecule has 0 rings (SSSR count). The van der Waals surface area contributed by atoms with Gasteiger partial charge in [-0.2, -0.15) is 0 Å². The molecule has 10 nitrogen and oxygen atoms in total. The lowest BCUT2D eigenvalue weighted by Crippen LogP contribution is -2.37. The summed E-state index contributed by atoms with van der Waals surface area (Å²) < 4.78 is 26.0. The Morgan fingerprint density at radius 1 is 0.556 bits per heavy atom. The highest BCUT2D eigenvalue weighted by Crippen LogP contribution is 2.36. The second-order valence-electron chi connectivity index (χ2n) is 12.5. The van der Waals surface area contributed by atoms with Gasteiger partial charge in [-0.1, -0.05) is 142 Å². The largest absolute Gasteiger partial charge is 0.469 e. The molecule has 0 heterocycles. The van der Waals surface area contributed by atoms with E-state index in [4.69, 9.17) is 19.3 Å². The Morgan fingerprint density at radius 3 is 1.33 bits per heavy atom. The van der Waals surface area contributed by atoms with Crippen LogP contribution in [0.1, 0.15) is 174 Å². The van der Waals surface area contributed by atoms with E-state index < -0.39 is 44.7 Å². The Bertz CT molecular complexity index is 744. The average Bonchev–Trinajstić information content (AvgIpc) is 2.99. The van der Waals surface area contributed by atoms with Gasteiger partial charge in [0.15, 0.2) is 0 Å². The van der Waals surface area contributed by atoms with E-state index in [0.29, 0.717) is 12.8 Å². The Morgan fingerprint density at radius 2 is 0.933 bits per heavy atom. The fraction of sp³-hybridized carbons (Fsp3) is 0.941. The Kier molecular flexibility index (Phi) is 29.6. The van der Waals surface area contributed by atoms with E-state index in [1.54, 1.807) is 0 Å². The zero-order chi connectivity index (χ0) is 33.6. The minimum absolute atomic E-state index is 0.195. The van der Waals surface area contributed by atoms with Crippen molar-refractivity contribution in [3.05, 3.63) is 0 Å². The first-order valence-electron chi connectivity index (χ1n) is 18.0. The van der Waals surface area contributed by atoms with Crippen LogP contribution in [0.3, 0.4) is 0 Å². The quantitative estimate of drug-likeness (QED) is 0.0306. The molecule has 0 aromatic rings. The van der Waals surface area contributed by atoms with Gasteiger partial charge in [0.2, 0.25) is 0 Å². The predicted molar refractivity (Wildman–Crippen MR) is 178 cm³/mol. The third-order valence-electron chi connectivity index (χ3n) is 8.06. The van der Waals surface area contributed by atoms with E-state index >= 15 is 0 Å². The van der Waals surface area contributed by atoms with Crippen molar-refractivity contribution in [3.63, 3.8) is 0 Å². The molecule has 2 unspecified atom stereocenters. The monoisotopic (exact) mass is 666 g/mol. The van der Waals surface area contributed by atoms with Crippen molar-refractivity contribution in [2.24, 2.45) is 0 Å². The molecule has 0 spiro atoms. The van der Waals surface area contributed by atoms with Crippen molar-refractivity contribution in [3.8, 4) is 0 Å². The molecule has 0 aliphatic carbocycles. The molecule has 11 heteroatoms. The van der Waals surface area contributed by atoms with Crippen molar-refractivity contribution in [2.45, 2.75) is 193 Å². The standard InChI is InChI=1S/C34H67O10P/c1-3-5-7-9-11-13-15-17-19-21-23-25-33(37)42-28-30(27-31(35)32(36)29-43-45(39,40)41)44-34(38)26-24-22-20-18-16-14-12-10-8-6-4-2/h30-32,35-36H,3-29H2,1-2H3,(H2,39,40,41)/t30-,31?,32?/m1/s1. The number of unbranched alkanes of at least 4 members (excludes halogenated alkanes) is 20. The molecule has 268 valence electrons. The fourth-order valence-electron chi connectivity index (χ4n) is 5.23.